The Hall–Kier alpha value is -1.73. The van der Waals surface area contributed by atoms with Gasteiger partial charge in [0.1, 0.15) is 0 Å². The van der Waals surface area contributed by atoms with Gasteiger partial charge in [0.25, 0.3) is 0 Å². The van der Waals surface area contributed by atoms with Gasteiger partial charge in [0.15, 0.2) is 5.16 Å². The van der Waals surface area contributed by atoms with E-state index in [1.165, 1.54) is 11.8 Å². The fourth-order valence-electron chi connectivity index (χ4n) is 2.20. The van der Waals surface area contributed by atoms with E-state index in [2.05, 4.69) is 22.4 Å². The van der Waals surface area contributed by atoms with Crippen LogP contribution in [0.3, 0.4) is 0 Å². The van der Waals surface area contributed by atoms with E-state index in [4.69, 9.17) is 11.6 Å². The molecule has 0 aliphatic heterocycles. The molecule has 0 bridgehead atoms. The van der Waals surface area contributed by atoms with Crippen molar-refractivity contribution in [3.63, 3.8) is 0 Å². The second-order valence-electron chi connectivity index (χ2n) is 5.45. The second-order valence-corrected chi connectivity index (χ2v) is 6.83. The molecule has 2 rings (SSSR count). The van der Waals surface area contributed by atoms with Crippen molar-refractivity contribution < 1.29 is 4.79 Å². The Kier molecular flexibility index (Phi) is 6.93. The van der Waals surface area contributed by atoms with Crippen LogP contribution in [0.2, 0.25) is 5.02 Å². The minimum Gasteiger partial charge on any atom is -0.349 e. The number of nitrogens with zero attached hydrogens (tertiary/aromatic N) is 2. The third-order valence-corrected chi connectivity index (χ3v) is 4.73. The second kappa shape index (κ2) is 8.94. The Labute approximate surface area is 150 Å². The van der Waals surface area contributed by atoms with Crippen LogP contribution in [-0.2, 0) is 11.3 Å². The predicted molar refractivity (Wildman–Crippen MR) is 96.5 cm³/mol. The van der Waals surface area contributed by atoms with Gasteiger partial charge >= 0.3 is 5.69 Å². The van der Waals surface area contributed by atoms with Gasteiger partial charge in [0.05, 0.1) is 11.8 Å². The number of rotatable bonds is 8. The van der Waals surface area contributed by atoms with Crippen LogP contribution in [0.1, 0.15) is 38.3 Å². The van der Waals surface area contributed by atoms with Crippen LogP contribution in [0.5, 0.6) is 0 Å². The molecule has 1 atom stereocenters. The lowest BCUT2D eigenvalue weighted by molar-refractivity contribution is -0.119. The summed E-state index contributed by atoms with van der Waals surface area (Å²) in [7, 11) is 0. The summed E-state index contributed by atoms with van der Waals surface area (Å²) < 4.78 is 1.57. The molecule has 24 heavy (non-hydrogen) atoms. The van der Waals surface area contributed by atoms with Crippen molar-refractivity contribution in [3.05, 3.63) is 45.3 Å². The average molecular weight is 369 g/mol. The van der Waals surface area contributed by atoms with E-state index < -0.39 is 0 Å². The van der Waals surface area contributed by atoms with Crippen molar-refractivity contribution in [2.24, 2.45) is 0 Å². The SMILES string of the molecule is CCCCn1c(SCC(=O)NC(C)c2cccc(Cl)c2)n[nH]c1=O. The predicted octanol–water partition coefficient (Wildman–Crippen LogP) is 2.99. The van der Waals surface area contributed by atoms with Crippen molar-refractivity contribution in [3.8, 4) is 0 Å². The average Bonchev–Trinajstić information content (AvgIpc) is 2.91. The molecule has 0 spiro atoms. The molecule has 1 aromatic heterocycles. The third kappa shape index (κ3) is 5.14. The topological polar surface area (TPSA) is 79.8 Å². The van der Waals surface area contributed by atoms with Crippen LogP contribution in [0.25, 0.3) is 0 Å². The molecule has 8 heteroatoms. The lowest BCUT2D eigenvalue weighted by Crippen LogP contribution is -2.28. The number of amides is 1. The molecule has 0 fully saturated rings. The number of nitrogens with one attached hydrogen (secondary N) is 2. The quantitative estimate of drug-likeness (QED) is 0.702. The molecule has 0 saturated heterocycles. The highest BCUT2D eigenvalue weighted by Gasteiger charge is 2.13. The van der Waals surface area contributed by atoms with Gasteiger partial charge in [-0.25, -0.2) is 9.89 Å². The largest absolute Gasteiger partial charge is 0.349 e. The molecule has 2 N–H and O–H groups in total. The number of hydrogen-bond donors (Lipinski definition) is 2. The highest BCUT2D eigenvalue weighted by atomic mass is 35.5. The number of thioether (sulfide) groups is 1. The Balaban J connectivity index is 1.90. The number of hydrogen-bond acceptors (Lipinski definition) is 4. The molecule has 2 aromatic rings. The zero-order valence-corrected chi connectivity index (χ0v) is 15.3. The van der Waals surface area contributed by atoms with Crippen molar-refractivity contribution in [2.45, 2.75) is 44.4 Å². The first kappa shape index (κ1) is 18.6. The molecule has 0 aliphatic rings. The van der Waals surface area contributed by atoms with E-state index in [-0.39, 0.29) is 23.4 Å². The minimum absolute atomic E-state index is 0.120. The van der Waals surface area contributed by atoms with Crippen LogP contribution in [0.15, 0.2) is 34.2 Å². The molecular weight excluding hydrogens is 348 g/mol. The standard InChI is InChI=1S/C16H21ClN4O2S/c1-3-4-8-21-15(23)19-20-16(21)24-10-14(22)18-11(2)12-6-5-7-13(17)9-12/h5-7,9,11H,3-4,8,10H2,1-2H3,(H,18,22)(H,19,23). The van der Waals surface area contributed by atoms with E-state index in [9.17, 15) is 9.59 Å². The summed E-state index contributed by atoms with van der Waals surface area (Å²) >= 11 is 7.22. The summed E-state index contributed by atoms with van der Waals surface area (Å²) in [5.41, 5.74) is 0.708. The molecule has 1 heterocycles. The van der Waals surface area contributed by atoms with Crippen molar-refractivity contribution in [1.29, 1.82) is 0 Å². The molecule has 0 aliphatic carbocycles. The molecule has 1 aromatic carbocycles. The van der Waals surface area contributed by atoms with E-state index >= 15 is 0 Å². The van der Waals surface area contributed by atoms with Crippen LogP contribution >= 0.6 is 23.4 Å². The Bertz CT molecular complexity index is 744. The van der Waals surface area contributed by atoms with Gasteiger partial charge in [-0.3, -0.25) is 9.36 Å². The van der Waals surface area contributed by atoms with E-state index in [0.717, 1.165) is 18.4 Å². The molecule has 6 nitrogen and oxygen atoms in total. The zero-order valence-electron chi connectivity index (χ0n) is 13.7. The lowest BCUT2D eigenvalue weighted by atomic mass is 10.1. The van der Waals surface area contributed by atoms with Gasteiger partial charge in [-0.05, 0) is 31.0 Å². The Morgan fingerprint density at radius 3 is 3.00 bits per heavy atom. The van der Waals surface area contributed by atoms with Gasteiger partial charge in [0.2, 0.25) is 5.91 Å². The first-order chi connectivity index (χ1) is 11.5. The fourth-order valence-corrected chi connectivity index (χ4v) is 3.18. The van der Waals surface area contributed by atoms with Crippen LogP contribution in [0, 0.1) is 0 Å². The monoisotopic (exact) mass is 368 g/mol. The Morgan fingerprint density at radius 1 is 1.50 bits per heavy atom. The van der Waals surface area contributed by atoms with Gasteiger partial charge in [-0.2, -0.15) is 0 Å². The number of aromatic amines is 1. The zero-order chi connectivity index (χ0) is 17.5. The van der Waals surface area contributed by atoms with Gasteiger partial charge in [-0.1, -0.05) is 48.8 Å². The van der Waals surface area contributed by atoms with Crippen molar-refractivity contribution in [2.75, 3.05) is 5.75 Å². The fraction of sp³-hybridized carbons (Fsp3) is 0.438. The normalized spacial score (nSPS) is 12.1. The number of H-pyrrole nitrogens is 1. The molecule has 1 unspecified atom stereocenters. The number of carbonyl (C=O) groups is 1. The van der Waals surface area contributed by atoms with E-state index in [0.29, 0.717) is 16.7 Å². The maximum Gasteiger partial charge on any atom is 0.343 e. The molecule has 0 saturated carbocycles. The molecule has 0 radical (unpaired) electrons. The minimum atomic E-state index is -0.237. The first-order valence-corrected chi connectivity index (χ1v) is 9.20. The number of carbonyl (C=O) groups excluding carboxylic acids is 1. The summed E-state index contributed by atoms with van der Waals surface area (Å²) in [6.45, 7) is 4.57. The van der Waals surface area contributed by atoms with Gasteiger partial charge < -0.3 is 5.32 Å². The maximum absolute atomic E-state index is 12.1. The summed E-state index contributed by atoms with van der Waals surface area (Å²) in [5.74, 6) is 0.0754. The first-order valence-electron chi connectivity index (χ1n) is 7.84. The number of benzene rings is 1. The molecule has 130 valence electrons. The van der Waals surface area contributed by atoms with E-state index in [1.807, 2.05) is 25.1 Å². The number of aromatic nitrogens is 3. The van der Waals surface area contributed by atoms with Crippen molar-refractivity contribution >= 4 is 29.3 Å². The summed E-state index contributed by atoms with van der Waals surface area (Å²) in [5, 5.41) is 10.5. The number of halogens is 1. The number of unbranched alkanes of at least 4 members (excludes halogenated alkanes) is 1. The highest BCUT2D eigenvalue weighted by molar-refractivity contribution is 7.99. The van der Waals surface area contributed by atoms with Gasteiger partial charge in [0, 0.05) is 11.6 Å². The van der Waals surface area contributed by atoms with Gasteiger partial charge in [-0.15, -0.1) is 5.10 Å². The highest BCUT2D eigenvalue weighted by Crippen LogP contribution is 2.18. The lowest BCUT2D eigenvalue weighted by Gasteiger charge is -2.14. The molecule has 1 amide bonds. The maximum atomic E-state index is 12.1. The Morgan fingerprint density at radius 2 is 2.29 bits per heavy atom. The molecular formula is C16H21ClN4O2S. The summed E-state index contributed by atoms with van der Waals surface area (Å²) in [6, 6.07) is 7.25. The van der Waals surface area contributed by atoms with Crippen LogP contribution in [0.4, 0.5) is 0 Å². The summed E-state index contributed by atoms with van der Waals surface area (Å²) in [4.78, 5) is 23.8. The summed E-state index contributed by atoms with van der Waals surface area (Å²) in [6.07, 6.45) is 1.88. The van der Waals surface area contributed by atoms with Crippen molar-refractivity contribution in [1.82, 2.24) is 20.1 Å². The van der Waals surface area contributed by atoms with E-state index in [1.54, 1.807) is 10.6 Å². The van der Waals surface area contributed by atoms with Crippen LogP contribution in [-0.4, -0.2) is 26.4 Å². The smallest absolute Gasteiger partial charge is 0.343 e. The van der Waals surface area contributed by atoms with Crippen LogP contribution < -0.4 is 11.0 Å². The third-order valence-electron chi connectivity index (χ3n) is 3.52.